The topological polar surface area (TPSA) is 52.6 Å². The zero-order valence-electron chi connectivity index (χ0n) is 14.2. The molecule has 5 nitrogen and oxygen atoms in total. The van der Waals surface area contributed by atoms with Crippen molar-refractivity contribution < 1.29 is 0 Å². The maximum Gasteiger partial charge on any atom is 0.191 e. The van der Waals surface area contributed by atoms with Crippen LogP contribution in [0.3, 0.4) is 0 Å². The Labute approximate surface area is 142 Å². The molecule has 22 heavy (non-hydrogen) atoms. The Kier molecular flexibility index (Phi) is 6.11. The summed E-state index contributed by atoms with van der Waals surface area (Å²) in [5.74, 6) is 3.28. The lowest BCUT2D eigenvalue weighted by Gasteiger charge is -2.36. The number of likely N-dealkylation sites (N-methyl/N-ethyl adjacent to an activating group) is 1. The van der Waals surface area contributed by atoms with Crippen LogP contribution >= 0.6 is 23.1 Å². The van der Waals surface area contributed by atoms with E-state index in [0.717, 1.165) is 29.8 Å². The van der Waals surface area contributed by atoms with Crippen molar-refractivity contribution in [3.8, 4) is 0 Å². The van der Waals surface area contributed by atoms with E-state index in [9.17, 15) is 0 Å². The number of nitrogens with zero attached hydrogens (tertiary/aromatic N) is 3. The van der Waals surface area contributed by atoms with Crippen LogP contribution in [0, 0.1) is 13.8 Å². The molecule has 0 aromatic carbocycles. The summed E-state index contributed by atoms with van der Waals surface area (Å²) in [6.45, 7) is 5.81. The molecule has 2 rings (SSSR count). The second kappa shape index (κ2) is 7.66. The first-order valence-electron chi connectivity index (χ1n) is 7.59. The smallest absolute Gasteiger partial charge is 0.191 e. The maximum absolute atomic E-state index is 4.47. The van der Waals surface area contributed by atoms with Crippen LogP contribution in [-0.2, 0) is 6.54 Å². The number of hydrogen-bond acceptors (Lipinski definition) is 5. The fraction of sp³-hybridized carbons (Fsp3) is 0.733. The van der Waals surface area contributed by atoms with Crippen LogP contribution in [0.5, 0.6) is 0 Å². The number of nitrogens with one attached hydrogen (secondary N) is 2. The number of thiazole rings is 1. The number of guanidine groups is 1. The van der Waals surface area contributed by atoms with Crippen molar-refractivity contribution in [2.75, 3.05) is 39.2 Å². The third-order valence-electron chi connectivity index (χ3n) is 4.26. The van der Waals surface area contributed by atoms with Gasteiger partial charge in [0.2, 0.25) is 0 Å². The van der Waals surface area contributed by atoms with Gasteiger partial charge in [0.25, 0.3) is 0 Å². The molecule has 1 fully saturated rings. The van der Waals surface area contributed by atoms with Crippen LogP contribution in [0.1, 0.15) is 22.0 Å². The molecule has 1 unspecified atom stereocenters. The molecule has 0 radical (unpaired) electrons. The highest BCUT2D eigenvalue weighted by molar-refractivity contribution is 7.99. The van der Waals surface area contributed by atoms with E-state index < -0.39 is 0 Å². The van der Waals surface area contributed by atoms with E-state index in [2.05, 4.69) is 46.5 Å². The fourth-order valence-electron chi connectivity index (χ4n) is 2.62. The highest BCUT2D eigenvalue weighted by Gasteiger charge is 2.36. The summed E-state index contributed by atoms with van der Waals surface area (Å²) in [7, 11) is 6.17. The predicted molar refractivity (Wildman–Crippen MR) is 98.1 cm³/mol. The minimum absolute atomic E-state index is 0.235. The van der Waals surface area contributed by atoms with Gasteiger partial charge in [-0.15, -0.1) is 11.3 Å². The van der Waals surface area contributed by atoms with Crippen LogP contribution in [-0.4, -0.2) is 60.6 Å². The Morgan fingerprint density at radius 2 is 2.14 bits per heavy atom. The molecule has 0 saturated carbocycles. The van der Waals surface area contributed by atoms with E-state index in [1.165, 1.54) is 22.8 Å². The number of hydrogen-bond donors (Lipinski definition) is 2. The summed E-state index contributed by atoms with van der Waals surface area (Å²) >= 11 is 3.78. The Morgan fingerprint density at radius 3 is 2.64 bits per heavy atom. The minimum atomic E-state index is 0.235. The molecule has 1 aliphatic heterocycles. The van der Waals surface area contributed by atoms with Crippen LogP contribution in [0.25, 0.3) is 0 Å². The van der Waals surface area contributed by atoms with E-state index in [0.29, 0.717) is 0 Å². The van der Waals surface area contributed by atoms with Crippen LogP contribution in [0.2, 0.25) is 0 Å². The van der Waals surface area contributed by atoms with E-state index in [-0.39, 0.29) is 5.54 Å². The number of aliphatic imine (C=N–C) groups is 1. The lowest BCUT2D eigenvalue weighted by molar-refractivity contribution is 0.183. The van der Waals surface area contributed by atoms with Crippen molar-refractivity contribution in [1.82, 2.24) is 20.5 Å². The standard InChI is InChI=1S/C15H27N5S2/c1-11-13(22-12(2)19-11)8-17-14(16-3)18-9-15(20(4)5)6-7-21-10-15/h6-10H2,1-5H3,(H2,16,17,18). The number of aromatic nitrogens is 1. The van der Waals surface area contributed by atoms with Gasteiger partial charge in [-0.2, -0.15) is 11.8 Å². The molecule has 0 amide bonds. The Hall–Kier alpha value is -0.790. The first-order valence-corrected chi connectivity index (χ1v) is 9.56. The van der Waals surface area contributed by atoms with Crippen molar-refractivity contribution in [2.24, 2.45) is 4.99 Å². The SMILES string of the molecule is CN=C(NCc1sc(C)nc1C)NCC1(N(C)C)CCSC1. The molecular formula is C15H27N5S2. The van der Waals surface area contributed by atoms with Crippen molar-refractivity contribution >= 4 is 29.1 Å². The van der Waals surface area contributed by atoms with Gasteiger partial charge in [-0.25, -0.2) is 4.98 Å². The molecule has 0 bridgehead atoms. The second-order valence-electron chi connectivity index (χ2n) is 5.94. The van der Waals surface area contributed by atoms with Crippen LogP contribution in [0.4, 0.5) is 0 Å². The quantitative estimate of drug-likeness (QED) is 0.632. The van der Waals surface area contributed by atoms with Crippen LogP contribution < -0.4 is 10.6 Å². The largest absolute Gasteiger partial charge is 0.355 e. The van der Waals surface area contributed by atoms with Gasteiger partial charge >= 0.3 is 0 Å². The molecule has 2 heterocycles. The molecule has 1 atom stereocenters. The third kappa shape index (κ3) is 4.14. The molecule has 7 heteroatoms. The minimum Gasteiger partial charge on any atom is -0.355 e. The highest BCUT2D eigenvalue weighted by atomic mass is 32.2. The van der Waals surface area contributed by atoms with Crippen molar-refractivity contribution in [3.63, 3.8) is 0 Å². The zero-order chi connectivity index (χ0) is 16.2. The average molecular weight is 342 g/mol. The number of aryl methyl sites for hydroxylation is 2. The van der Waals surface area contributed by atoms with Crippen molar-refractivity contribution in [1.29, 1.82) is 0 Å². The Bertz CT molecular complexity index is 518. The van der Waals surface area contributed by atoms with E-state index in [1.807, 2.05) is 25.7 Å². The maximum atomic E-state index is 4.47. The van der Waals surface area contributed by atoms with Gasteiger partial charge in [0, 0.05) is 29.8 Å². The second-order valence-corrected chi connectivity index (χ2v) is 8.34. The predicted octanol–water partition coefficient (Wildman–Crippen LogP) is 1.86. The van der Waals surface area contributed by atoms with E-state index >= 15 is 0 Å². The molecule has 1 aromatic rings. The molecule has 1 aliphatic rings. The summed E-state index contributed by atoms with van der Waals surface area (Å²) in [6, 6.07) is 0. The molecule has 1 saturated heterocycles. The molecule has 1 aromatic heterocycles. The molecule has 0 aliphatic carbocycles. The van der Waals surface area contributed by atoms with Gasteiger partial charge < -0.3 is 15.5 Å². The summed E-state index contributed by atoms with van der Waals surface area (Å²) in [5, 5.41) is 8.02. The van der Waals surface area contributed by atoms with Crippen molar-refractivity contribution in [3.05, 3.63) is 15.6 Å². The molecule has 0 spiro atoms. The lowest BCUT2D eigenvalue weighted by Crippen LogP contribution is -2.54. The third-order valence-corrected chi connectivity index (χ3v) is 6.56. The van der Waals surface area contributed by atoms with E-state index in [4.69, 9.17) is 0 Å². The number of rotatable bonds is 5. The van der Waals surface area contributed by atoms with Gasteiger partial charge in [0.1, 0.15) is 0 Å². The Morgan fingerprint density at radius 1 is 1.36 bits per heavy atom. The summed E-state index contributed by atoms with van der Waals surface area (Å²) in [6.07, 6.45) is 1.22. The van der Waals surface area contributed by atoms with Gasteiger partial charge in [0.15, 0.2) is 5.96 Å². The normalized spacial score (nSPS) is 22.4. The monoisotopic (exact) mass is 341 g/mol. The van der Waals surface area contributed by atoms with Gasteiger partial charge in [0.05, 0.1) is 17.2 Å². The molecular weight excluding hydrogens is 314 g/mol. The summed E-state index contributed by atoms with van der Waals surface area (Å²) in [4.78, 5) is 12.4. The highest BCUT2D eigenvalue weighted by Crippen LogP contribution is 2.31. The van der Waals surface area contributed by atoms with Gasteiger partial charge in [-0.1, -0.05) is 0 Å². The zero-order valence-corrected chi connectivity index (χ0v) is 15.8. The molecule has 124 valence electrons. The lowest BCUT2D eigenvalue weighted by atomic mass is 9.97. The average Bonchev–Trinajstić information content (AvgIpc) is 3.07. The summed E-state index contributed by atoms with van der Waals surface area (Å²) in [5.41, 5.74) is 1.35. The molecule has 2 N–H and O–H groups in total. The fourth-order valence-corrected chi connectivity index (χ4v) is 5.05. The van der Waals surface area contributed by atoms with Crippen LogP contribution in [0.15, 0.2) is 4.99 Å². The first-order chi connectivity index (χ1) is 10.5. The first kappa shape index (κ1) is 17.6. The Balaban J connectivity index is 1.89. The van der Waals surface area contributed by atoms with Crippen molar-refractivity contribution in [2.45, 2.75) is 32.4 Å². The van der Waals surface area contributed by atoms with E-state index in [1.54, 1.807) is 11.3 Å². The van der Waals surface area contributed by atoms with Gasteiger partial charge in [-0.3, -0.25) is 4.99 Å². The summed E-state index contributed by atoms with van der Waals surface area (Å²) < 4.78 is 0. The number of thioether (sulfide) groups is 1. The van der Waals surface area contributed by atoms with Gasteiger partial charge in [-0.05, 0) is 40.1 Å².